The molecule has 448 valence electrons. The minimum atomic E-state index is -2.27. The monoisotopic (exact) mass is 1170 g/mol. The van der Waals surface area contributed by atoms with Crippen LogP contribution in [-0.4, -0.2) is 155 Å². The van der Waals surface area contributed by atoms with Crippen molar-refractivity contribution < 1.29 is 52.8 Å². The molecule has 0 unspecified atom stereocenters. The summed E-state index contributed by atoms with van der Waals surface area (Å²) in [5.41, 5.74) is 16.3. The number of pyridine rings is 2. The predicted octanol–water partition coefficient (Wildman–Crippen LogP) is 8.38. The van der Waals surface area contributed by atoms with E-state index in [1.165, 1.54) is 23.3 Å². The lowest BCUT2D eigenvalue weighted by molar-refractivity contribution is -0.165. The molecule has 1 saturated heterocycles. The number of aromatic nitrogens is 5. The summed E-state index contributed by atoms with van der Waals surface area (Å²) in [6.45, 7) is 11.6. The van der Waals surface area contributed by atoms with Gasteiger partial charge < -0.3 is 52.8 Å². The number of likely N-dealkylation sites (N-methyl/N-ethyl adjacent to an activating group) is 3. The highest BCUT2D eigenvalue weighted by Gasteiger charge is 2.30. The van der Waals surface area contributed by atoms with E-state index in [2.05, 4.69) is 84.2 Å². The number of piperazine rings is 1. The van der Waals surface area contributed by atoms with Crippen LogP contribution in [0, 0.1) is 33.5 Å². The Morgan fingerprint density at radius 2 is 1.12 bits per heavy atom. The fourth-order valence-electron chi connectivity index (χ4n) is 9.58. The minimum Gasteiger partial charge on any atom is -0.479 e. The smallest absolute Gasteiger partial charge is 0.417 e. The van der Waals surface area contributed by atoms with Gasteiger partial charge in [0.05, 0.1) is 53.9 Å². The van der Waals surface area contributed by atoms with Crippen LogP contribution in [0.2, 0.25) is 0 Å². The van der Waals surface area contributed by atoms with Gasteiger partial charge in [-0.25, -0.2) is 28.7 Å². The number of hydrogen-bond acceptors (Lipinski definition) is 13. The second kappa shape index (κ2) is 27.4. The summed E-state index contributed by atoms with van der Waals surface area (Å²) < 4.78 is 28.5. The molecule has 10 aromatic rings. The fourth-order valence-corrected chi connectivity index (χ4v) is 9.58. The molecule has 6 aromatic heterocycles. The third-order valence-corrected chi connectivity index (χ3v) is 14.5. The molecule has 0 bridgehead atoms. The number of nitrogens with zero attached hydrogens (tertiary/aromatic N) is 8. The first-order chi connectivity index (χ1) is 40.9. The zero-order chi connectivity index (χ0) is 62.1. The van der Waals surface area contributed by atoms with Gasteiger partial charge in [-0.15, -0.1) is 0 Å². The molecule has 1 aliphatic rings. The van der Waals surface area contributed by atoms with Gasteiger partial charge in [-0.2, -0.15) is 0 Å². The van der Waals surface area contributed by atoms with E-state index in [1.54, 1.807) is 44.3 Å². The van der Waals surface area contributed by atoms with Crippen LogP contribution in [0.4, 0.5) is 4.39 Å². The maximum Gasteiger partial charge on any atom is 0.417 e. The summed E-state index contributed by atoms with van der Waals surface area (Å²) in [5, 5.41) is 32.5. The topological polar surface area (TPSA) is 256 Å². The fraction of sp³-hybridized carbons (Fsp3) is 0.277. The van der Waals surface area contributed by atoms with Gasteiger partial charge in [0, 0.05) is 83.0 Å². The van der Waals surface area contributed by atoms with E-state index in [-0.39, 0.29) is 23.7 Å². The molecule has 7 heterocycles. The number of carboxylic acid groups (broad SMARTS) is 2. The maximum atomic E-state index is 13.4. The number of aliphatic hydroxyl groups excluding tert-OH is 2. The van der Waals surface area contributed by atoms with Crippen LogP contribution < -0.4 is 5.76 Å². The molecule has 86 heavy (non-hydrogen) atoms. The van der Waals surface area contributed by atoms with Crippen molar-refractivity contribution in [2.45, 2.75) is 65.3 Å². The summed E-state index contributed by atoms with van der Waals surface area (Å²) in [4.78, 5) is 75.5. The molecule has 0 aliphatic carbocycles. The Bertz CT molecular complexity index is 3900. The van der Waals surface area contributed by atoms with Crippen molar-refractivity contribution in [2.75, 3.05) is 54.9 Å². The summed E-state index contributed by atoms with van der Waals surface area (Å²) in [6, 6.07) is 39.1. The number of amides is 2. The number of nitrogens with one attached hydrogen (secondary N) is 1. The Morgan fingerprint density at radius 1 is 0.640 bits per heavy atom. The van der Waals surface area contributed by atoms with Crippen molar-refractivity contribution in [3.8, 4) is 33.6 Å². The third-order valence-electron chi connectivity index (χ3n) is 14.5. The normalized spacial score (nSPS) is 14.1. The number of imidazole rings is 2. The van der Waals surface area contributed by atoms with Crippen LogP contribution in [0.3, 0.4) is 0 Å². The number of furan rings is 1. The minimum absolute atomic E-state index is 0.0710. The quantitative estimate of drug-likeness (QED) is 0.0727. The largest absolute Gasteiger partial charge is 0.479 e. The molecular formula is C65H70FN9O11. The number of aryl methyl sites for hydroxylation is 4. The molecule has 3 atom stereocenters. The van der Waals surface area contributed by atoms with Crippen LogP contribution in [0.1, 0.15) is 51.0 Å². The lowest BCUT2D eigenvalue weighted by Crippen LogP contribution is -2.46. The second-order valence-corrected chi connectivity index (χ2v) is 21.7. The Hall–Kier alpha value is -9.54. The summed E-state index contributed by atoms with van der Waals surface area (Å²) in [7, 11) is 9.23. The highest BCUT2D eigenvalue weighted by Crippen LogP contribution is 2.32. The van der Waals surface area contributed by atoms with E-state index >= 15 is 0 Å². The number of oxazole rings is 1. The number of aliphatic hydroxyl groups is 2. The first kappa shape index (κ1) is 62.5. The van der Waals surface area contributed by atoms with Gasteiger partial charge in [-0.05, 0) is 99.5 Å². The van der Waals surface area contributed by atoms with E-state index in [9.17, 15) is 28.4 Å². The summed E-state index contributed by atoms with van der Waals surface area (Å²) >= 11 is 0. The van der Waals surface area contributed by atoms with Crippen molar-refractivity contribution in [1.82, 2.24) is 43.4 Å². The Labute approximate surface area is 495 Å². The first-order valence-corrected chi connectivity index (χ1v) is 27.6. The van der Waals surface area contributed by atoms with Crippen LogP contribution >= 0.6 is 0 Å². The number of benzene rings is 4. The van der Waals surface area contributed by atoms with E-state index in [4.69, 9.17) is 39.2 Å². The van der Waals surface area contributed by atoms with Crippen molar-refractivity contribution in [2.24, 2.45) is 0 Å². The highest BCUT2D eigenvalue weighted by atomic mass is 19.1. The molecule has 0 radical (unpaired) electrons. The van der Waals surface area contributed by atoms with Crippen LogP contribution in [0.5, 0.6) is 0 Å². The van der Waals surface area contributed by atoms with Gasteiger partial charge in [0.15, 0.2) is 17.8 Å². The molecule has 11 rings (SSSR count). The van der Waals surface area contributed by atoms with E-state index < -0.39 is 29.9 Å². The molecule has 2 amide bonds. The van der Waals surface area contributed by atoms with E-state index in [0.717, 1.165) is 98.4 Å². The number of aromatic amines is 1. The number of aliphatic carboxylic acids is 2. The number of H-pyrrole nitrogens is 1. The molecule has 1 fully saturated rings. The zero-order valence-corrected chi connectivity index (χ0v) is 49.4. The Kier molecular flexibility index (Phi) is 19.9. The average molecular weight is 1170 g/mol. The number of carboxylic acids is 2. The van der Waals surface area contributed by atoms with Gasteiger partial charge in [0.1, 0.15) is 22.9 Å². The zero-order valence-electron chi connectivity index (χ0n) is 49.4. The van der Waals surface area contributed by atoms with Crippen molar-refractivity contribution in [3.05, 3.63) is 201 Å². The number of fused-ring (bicyclic) bond motifs is 3. The molecule has 4 aromatic carbocycles. The van der Waals surface area contributed by atoms with Crippen molar-refractivity contribution >= 4 is 46.1 Å². The molecule has 0 spiro atoms. The van der Waals surface area contributed by atoms with Crippen molar-refractivity contribution in [3.63, 3.8) is 0 Å². The SMILES string of the molecule is CN1CCN(Cc2cc(-c3ccc4[nH]c(=O)oc4c3)co2)[C@@H](c2ccc(F)cc2)C1.Cc1ccc(-c2nc3ccc(C)cn3c2CC(=O)N(C)C)cc1.Cc1ccc(-c2nc3ccc(C)cn3c2CC(=O)N(C)C)cc1.O=C(O)[C@H](O)[C@@H](O)C(=O)O. The Morgan fingerprint density at radius 3 is 1.59 bits per heavy atom. The number of halogens is 1. The lowest BCUT2D eigenvalue weighted by Gasteiger charge is -2.40. The van der Waals surface area contributed by atoms with Gasteiger partial charge in [-0.1, -0.05) is 90.0 Å². The number of carbonyl (C=O) groups excluding carboxylic acids is 2. The van der Waals surface area contributed by atoms with Gasteiger partial charge >= 0.3 is 17.7 Å². The number of hydrogen-bond donors (Lipinski definition) is 5. The summed E-state index contributed by atoms with van der Waals surface area (Å²) in [5.74, 6) is -3.22. The average Bonchev–Trinajstić information content (AvgIpc) is 1.95. The van der Waals surface area contributed by atoms with Gasteiger partial charge in [0.25, 0.3) is 0 Å². The predicted molar refractivity (Wildman–Crippen MR) is 324 cm³/mol. The van der Waals surface area contributed by atoms with E-state index in [0.29, 0.717) is 30.5 Å². The number of rotatable bonds is 13. The van der Waals surface area contributed by atoms with E-state index in [1.807, 2.05) is 95.7 Å². The maximum absolute atomic E-state index is 13.4. The molecule has 21 heteroatoms. The molecule has 1 aliphatic heterocycles. The standard InChI is InChI=1S/C23H22FN3O3.2C19H21N3O.C4H6O6/c1-26-8-9-27(21(13-26)15-2-5-18(24)6-3-15)12-19-10-17(14-29-19)16-4-7-20-22(11-16)30-23(28)25-20;2*1-13-5-8-15(9-6-13)19-16(11-18(23)21(3)4)22-12-14(2)7-10-17(22)20-19;5-1(3(7)8)2(6)4(9)10/h2-7,10-11,14,21H,8-9,12-13H2,1H3,(H,25,28);2*5-10,12H,11H2,1-4H3;1-2,5-6H,(H,7,8)(H,9,10)/t21-;;;1-,2-/m1..1/s1. The molecule has 0 saturated carbocycles. The van der Waals surface area contributed by atoms with Crippen LogP contribution in [-0.2, 0) is 38.6 Å². The lowest BCUT2D eigenvalue weighted by atomic mass is 10.0. The third kappa shape index (κ3) is 15.4. The van der Waals surface area contributed by atoms with Crippen molar-refractivity contribution in [1.29, 1.82) is 0 Å². The number of carbonyl (C=O) groups is 4. The highest BCUT2D eigenvalue weighted by molar-refractivity contribution is 5.84. The van der Waals surface area contributed by atoms with Gasteiger partial charge in [-0.3, -0.25) is 19.5 Å². The Balaban J connectivity index is 0.000000157. The van der Waals surface area contributed by atoms with Crippen LogP contribution in [0.15, 0.2) is 154 Å². The van der Waals surface area contributed by atoms with Crippen LogP contribution in [0.25, 0.3) is 56.0 Å². The summed E-state index contributed by atoms with van der Waals surface area (Å²) in [6.07, 6.45) is 1.94. The second-order valence-electron chi connectivity index (χ2n) is 21.7. The molecule has 20 nitrogen and oxygen atoms in total. The molecule has 5 N–H and O–H groups in total. The first-order valence-electron chi connectivity index (χ1n) is 27.6. The molecular weight excluding hydrogens is 1100 g/mol. The van der Waals surface area contributed by atoms with Gasteiger partial charge in [0.2, 0.25) is 11.8 Å².